The van der Waals surface area contributed by atoms with Gasteiger partial charge in [-0.2, -0.15) is 0 Å². The summed E-state index contributed by atoms with van der Waals surface area (Å²) in [6.07, 6.45) is 0. The number of aromatic nitrogens is 1. The molecule has 0 unspecified atom stereocenters. The van der Waals surface area contributed by atoms with Crippen LogP contribution in [0, 0.1) is 5.92 Å². The van der Waals surface area contributed by atoms with Crippen molar-refractivity contribution in [2.75, 3.05) is 33.3 Å². The first kappa shape index (κ1) is 20.8. The maximum absolute atomic E-state index is 13.5. The van der Waals surface area contributed by atoms with Crippen molar-refractivity contribution in [3.63, 3.8) is 0 Å². The molecule has 1 aliphatic rings. The average molecular weight is 418 g/mol. The maximum atomic E-state index is 13.5. The Kier molecular flexibility index (Phi) is 5.89. The standard InChI is InChI=1S/C25H27N3O3/c1-17(2)24(29)27-12-14-28(15-13-27)25(30)21-16-23(18-8-10-19(31-3)11-9-18)26-22-7-5-4-6-20(21)22/h4-11,16-17H,12-15H2,1-3H3. The van der Waals surface area contributed by atoms with E-state index in [1.807, 2.05) is 78.2 Å². The molecule has 160 valence electrons. The molecule has 1 aromatic heterocycles. The molecule has 6 nitrogen and oxygen atoms in total. The summed E-state index contributed by atoms with van der Waals surface area (Å²) in [7, 11) is 1.63. The minimum absolute atomic E-state index is 0.0231. The second-order valence-corrected chi connectivity index (χ2v) is 8.07. The zero-order valence-corrected chi connectivity index (χ0v) is 18.2. The number of hydrogen-bond donors (Lipinski definition) is 0. The first-order valence-electron chi connectivity index (χ1n) is 10.6. The van der Waals surface area contributed by atoms with Gasteiger partial charge in [-0.15, -0.1) is 0 Å². The number of amides is 2. The van der Waals surface area contributed by atoms with Crippen LogP contribution in [0.15, 0.2) is 54.6 Å². The van der Waals surface area contributed by atoms with E-state index >= 15 is 0 Å². The first-order valence-corrected chi connectivity index (χ1v) is 10.6. The van der Waals surface area contributed by atoms with Gasteiger partial charge in [-0.1, -0.05) is 32.0 Å². The van der Waals surface area contributed by atoms with Gasteiger partial charge in [-0.05, 0) is 36.4 Å². The van der Waals surface area contributed by atoms with Crippen molar-refractivity contribution >= 4 is 22.7 Å². The van der Waals surface area contributed by atoms with Crippen LogP contribution in [0.25, 0.3) is 22.2 Å². The molecule has 2 amide bonds. The topological polar surface area (TPSA) is 62.7 Å². The molecular formula is C25H27N3O3. The number of carbonyl (C=O) groups excluding carboxylic acids is 2. The Balaban J connectivity index is 1.65. The lowest BCUT2D eigenvalue weighted by molar-refractivity contribution is -0.135. The second-order valence-electron chi connectivity index (χ2n) is 8.07. The summed E-state index contributed by atoms with van der Waals surface area (Å²) in [6.45, 7) is 6.01. The van der Waals surface area contributed by atoms with Gasteiger partial charge in [0.15, 0.2) is 0 Å². The molecule has 0 spiro atoms. The van der Waals surface area contributed by atoms with Crippen molar-refractivity contribution in [1.29, 1.82) is 0 Å². The highest BCUT2D eigenvalue weighted by atomic mass is 16.5. The van der Waals surface area contributed by atoms with Gasteiger partial charge in [0.2, 0.25) is 5.91 Å². The molecule has 0 atom stereocenters. The molecule has 2 heterocycles. The van der Waals surface area contributed by atoms with Crippen LogP contribution >= 0.6 is 0 Å². The number of rotatable bonds is 4. The third kappa shape index (κ3) is 4.24. The lowest BCUT2D eigenvalue weighted by Gasteiger charge is -2.35. The molecule has 4 rings (SSSR count). The summed E-state index contributed by atoms with van der Waals surface area (Å²) >= 11 is 0. The van der Waals surface area contributed by atoms with Gasteiger partial charge in [-0.25, -0.2) is 4.98 Å². The summed E-state index contributed by atoms with van der Waals surface area (Å²) < 4.78 is 5.25. The van der Waals surface area contributed by atoms with Crippen molar-refractivity contribution < 1.29 is 14.3 Å². The molecule has 0 saturated carbocycles. The fourth-order valence-corrected chi connectivity index (χ4v) is 3.93. The average Bonchev–Trinajstić information content (AvgIpc) is 2.82. The summed E-state index contributed by atoms with van der Waals surface area (Å²) in [5, 5.41) is 0.838. The van der Waals surface area contributed by atoms with E-state index in [4.69, 9.17) is 9.72 Å². The summed E-state index contributed by atoms with van der Waals surface area (Å²) in [5.74, 6) is 0.862. The lowest BCUT2D eigenvalue weighted by Crippen LogP contribution is -2.51. The van der Waals surface area contributed by atoms with E-state index in [0.717, 1.165) is 27.9 Å². The number of piperazine rings is 1. The Morgan fingerprint density at radius 2 is 1.58 bits per heavy atom. The zero-order valence-electron chi connectivity index (χ0n) is 18.2. The smallest absolute Gasteiger partial charge is 0.254 e. The molecule has 1 fully saturated rings. The highest BCUT2D eigenvalue weighted by Gasteiger charge is 2.27. The van der Waals surface area contributed by atoms with Crippen LogP contribution in [0.4, 0.5) is 0 Å². The van der Waals surface area contributed by atoms with Crippen LogP contribution in [0.1, 0.15) is 24.2 Å². The maximum Gasteiger partial charge on any atom is 0.254 e. The second kappa shape index (κ2) is 8.76. The third-order valence-electron chi connectivity index (χ3n) is 5.70. The van der Waals surface area contributed by atoms with Crippen molar-refractivity contribution in [3.8, 4) is 17.0 Å². The number of hydrogen-bond acceptors (Lipinski definition) is 4. The van der Waals surface area contributed by atoms with Crippen LogP contribution in [0.3, 0.4) is 0 Å². The SMILES string of the molecule is COc1ccc(-c2cc(C(=O)N3CCN(C(=O)C(C)C)CC3)c3ccccc3n2)cc1. The van der Waals surface area contributed by atoms with Crippen LogP contribution < -0.4 is 4.74 Å². The largest absolute Gasteiger partial charge is 0.497 e. The van der Waals surface area contributed by atoms with E-state index in [1.54, 1.807) is 7.11 Å². The predicted molar refractivity (Wildman–Crippen MR) is 121 cm³/mol. The molecule has 6 heteroatoms. The van der Waals surface area contributed by atoms with E-state index in [-0.39, 0.29) is 17.7 Å². The molecular weight excluding hydrogens is 390 g/mol. The number of methoxy groups -OCH3 is 1. The number of para-hydroxylation sites is 1. The zero-order chi connectivity index (χ0) is 22.0. The molecule has 1 saturated heterocycles. The molecule has 1 aliphatic heterocycles. The number of ether oxygens (including phenoxy) is 1. The van der Waals surface area contributed by atoms with Crippen LogP contribution in [0.2, 0.25) is 0 Å². The molecule has 0 bridgehead atoms. The first-order chi connectivity index (χ1) is 15.0. The minimum atomic E-state index is -0.0292. The lowest BCUT2D eigenvalue weighted by atomic mass is 10.0. The van der Waals surface area contributed by atoms with Gasteiger partial charge in [0.05, 0.1) is 23.9 Å². The van der Waals surface area contributed by atoms with Gasteiger partial charge in [0.25, 0.3) is 5.91 Å². The fourth-order valence-electron chi connectivity index (χ4n) is 3.93. The number of carbonyl (C=O) groups is 2. The summed E-state index contributed by atoms with van der Waals surface area (Å²) in [4.78, 5) is 34.2. The molecule has 3 aromatic rings. The highest BCUT2D eigenvalue weighted by Crippen LogP contribution is 2.27. The van der Waals surface area contributed by atoms with E-state index in [0.29, 0.717) is 31.7 Å². The Hall–Kier alpha value is -3.41. The summed E-state index contributed by atoms with van der Waals surface area (Å²) in [6, 6.07) is 17.3. The quantitative estimate of drug-likeness (QED) is 0.647. The van der Waals surface area contributed by atoms with Crippen molar-refractivity contribution in [2.45, 2.75) is 13.8 Å². The predicted octanol–water partition coefficient (Wildman–Crippen LogP) is 3.85. The van der Waals surface area contributed by atoms with Crippen LogP contribution in [0.5, 0.6) is 5.75 Å². The van der Waals surface area contributed by atoms with Gasteiger partial charge in [0, 0.05) is 43.0 Å². The molecule has 0 radical (unpaired) electrons. The van der Waals surface area contributed by atoms with Crippen molar-refractivity contribution in [1.82, 2.24) is 14.8 Å². The monoisotopic (exact) mass is 417 g/mol. The Bertz CT molecular complexity index is 1100. The van der Waals surface area contributed by atoms with Crippen molar-refractivity contribution in [2.24, 2.45) is 5.92 Å². The van der Waals surface area contributed by atoms with E-state index < -0.39 is 0 Å². The van der Waals surface area contributed by atoms with Crippen LogP contribution in [-0.4, -0.2) is 59.9 Å². The highest BCUT2D eigenvalue weighted by molar-refractivity contribution is 6.07. The number of pyridine rings is 1. The third-order valence-corrected chi connectivity index (χ3v) is 5.70. The van der Waals surface area contributed by atoms with Gasteiger partial charge >= 0.3 is 0 Å². The molecule has 0 aliphatic carbocycles. The van der Waals surface area contributed by atoms with Crippen molar-refractivity contribution in [3.05, 3.63) is 60.2 Å². The van der Waals surface area contributed by atoms with Gasteiger partial charge < -0.3 is 14.5 Å². The number of benzene rings is 2. The minimum Gasteiger partial charge on any atom is -0.497 e. The normalized spacial score (nSPS) is 14.2. The summed E-state index contributed by atoms with van der Waals surface area (Å²) in [5.41, 5.74) is 3.10. The number of fused-ring (bicyclic) bond motifs is 1. The molecule has 0 N–H and O–H groups in total. The Morgan fingerprint density at radius 3 is 2.23 bits per heavy atom. The van der Waals surface area contributed by atoms with Gasteiger partial charge in [-0.3, -0.25) is 9.59 Å². The Labute approximate surface area is 182 Å². The number of nitrogens with zero attached hydrogens (tertiary/aromatic N) is 3. The fraction of sp³-hybridized carbons (Fsp3) is 0.320. The molecule has 31 heavy (non-hydrogen) atoms. The molecule has 2 aromatic carbocycles. The van der Waals surface area contributed by atoms with E-state index in [1.165, 1.54) is 0 Å². The van der Waals surface area contributed by atoms with E-state index in [9.17, 15) is 9.59 Å². The van der Waals surface area contributed by atoms with Gasteiger partial charge in [0.1, 0.15) is 5.75 Å². The Morgan fingerprint density at radius 1 is 0.935 bits per heavy atom. The van der Waals surface area contributed by atoms with Crippen LogP contribution in [-0.2, 0) is 4.79 Å². The van der Waals surface area contributed by atoms with E-state index in [2.05, 4.69) is 0 Å².